The van der Waals surface area contributed by atoms with Crippen LogP contribution in [0.5, 0.6) is 5.75 Å². The summed E-state index contributed by atoms with van der Waals surface area (Å²) in [4.78, 5) is 24.2. The number of amides is 1. The first-order valence-electron chi connectivity index (χ1n) is 9.46. The van der Waals surface area contributed by atoms with E-state index in [-0.39, 0.29) is 24.0 Å². The van der Waals surface area contributed by atoms with Crippen LogP contribution in [0.3, 0.4) is 0 Å². The summed E-state index contributed by atoms with van der Waals surface area (Å²) in [6, 6.07) is 13.5. The maximum atomic E-state index is 12.5. The summed E-state index contributed by atoms with van der Waals surface area (Å²) in [5, 5.41) is 8.41. The van der Waals surface area contributed by atoms with E-state index in [0.29, 0.717) is 17.0 Å². The van der Waals surface area contributed by atoms with Crippen molar-refractivity contribution in [2.75, 3.05) is 19.0 Å². The van der Waals surface area contributed by atoms with Crippen LogP contribution in [0.15, 0.2) is 48.5 Å². The number of rotatable bonds is 8. The lowest BCUT2D eigenvalue weighted by Gasteiger charge is -2.27. The average molecular weight is 519 g/mol. The molecule has 0 saturated heterocycles. The topological polar surface area (TPSA) is 88.7 Å². The second kappa shape index (κ2) is 12.1. The zero-order valence-corrected chi connectivity index (χ0v) is 20.4. The van der Waals surface area contributed by atoms with Crippen LogP contribution in [0.1, 0.15) is 22.8 Å². The Kier molecular flexibility index (Phi) is 9.84. The lowest BCUT2D eigenvalue weighted by atomic mass is 10.1. The van der Waals surface area contributed by atoms with Crippen LogP contribution in [0.2, 0.25) is 0 Å². The van der Waals surface area contributed by atoms with Crippen molar-refractivity contribution < 1.29 is 19.1 Å². The minimum atomic E-state index is -1.88. The third-order valence-electron chi connectivity index (χ3n) is 4.09. The monoisotopic (exact) mass is 517 g/mol. The molecule has 0 heterocycles. The molecular weight excluding hydrogens is 497 g/mol. The number of halogens is 3. The predicted molar refractivity (Wildman–Crippen MR) is 131 cm³/mol. The number of benzene rings is 2. The Bertz CT molecular complexity index is 935. The summed E-state index contributed by atoms with van der Waals surface area (Å²) in [5.41, 5.74) is 1.75. The minimum Gasteiger partial charge on any atom is -0.497 e. The number of methoxy groups -OCH3 is 1. The molecule has 0 saturated carbocycles. The van der Waals surface area contributed by atoms with Crippen molar-refractivity contribution in [2.45, 2.75) is 23.3 Å². The number of alkyl halides is 3. The Morgan fingerprint density at radius 1 is 1.03 bits per heavy atom. The van der Waals surface area contributed by atoms with Crippen molar-refractivity contribution in [2.24, 2.45) is 0 Å². The molecule has 1 unspecified atom stereocenters. The van der Waals surface area contributed by atoms with E-state index in [1.165, 1.54) is 0 Å². The van der Waals surface area contributed by atoms with E-state index in [4.69, 9.17) is 56.5 Å². The molecule has 0 bridgehead atoms. The van der Waals surface area contributed by atoms with Crippen molar-refractivity contribution in [3.05, 3.63) is 59.7 Å². The van der Waals surface area contributed by atoms with Gasteiger partial charge in [-0.1, -0.05) is 46.9 Å². The van der Waals surface area contributed by atoms with Crippen LogP contribution in [-0.4, -0.2) is 40.7 Å². The van der Waals surface area contributed by atoms with Gasteiger partial charge < -0.3 is 25.4 Å². The SMILES string of the molecule is CCOC(=O)c1ccc(NC(=S)NC(NC(=O)Cc2ccc(OC)cc2)C(Cl)(Cl)Cl)cc1. The van der Waals surface area contributed by atoms with Gasteiger partial charge in [0.15, 0.2) is 5.11 Å². The van der Waals surface area contributed by atoms with Crippen molar-refractivity contribution in [1.82, 2.24) is 10.6 Å². The molecule has 2 rings (SSSR count). The van der Waals surface area contributed by atoms with Crippen LogP contribution in [0.4, 0.5) is 5.69 Å². The van der Waals surface area contributed by atoms with Crippen LogP contribution < -0.4 is 20.7 Å². The molecule has 2 aromatic carbocycles. The molecule has 32 heavy (non-hydrogen) atoms. The van der Waals surface area contributed by atoms with Gasteiger partial charge in [0.05, 0.1) is 25.7 Å². The Labute approximate surface area is 206 Å². The number of nitrogens with one attached hydrogen (secondary N) is 3. The number of hydrogen-bond donors (Lipinski definition) is 3. The molecule has 172 valence electrons. The van der Waals surface area contributed by atoms with E-state index >= 15 is 0 Å². The highest BCUT2D eigenvalue weighted by Crippen LogP contribution is 2.29. The zero-order valence-electron chi connectivity index (χ0n) is 17.3. The van der Waals surface area contributed by atoms with Gasteiger partial charge in [-0.25, -0.2) is 4.79 Å². The van der Waals surface area contributed by atoms with Crippen molar-refractivity contribution in [3.8, 4) is 5.75 Å². The van der Waals surface area contributed by atoms with Crippen LogP contribution in [0.25, 0.3) is 0 Å². The zero-order chi connectivity index (χ0) is 23.7. The highest BCUT2D eigenvalue weighted by molar-refractivity contribution is 7.80. The van der Waals surface area contributed by atoms with Gasteiger partial charge in [0.1, 0.15) is 11.9 Å². The van der Waals surface area contributed by atoms with E-state index in [2.05, 4.69) is 16.0 Å². The number of esters is 1. The summed E-state index contributed by atoms with van der Waals surface area (Å²) >= 11 is 23.3. The van der Waals surface area contributed by atoms with E-state index in [9.17, 15) is 9.59 Å². The van der Waals surface area contributed by atoms with Crippen molar-refractivity contribution >= 4 is 69.7 Å². The lowest BCUT2D eigenvalue weighted by Crippen LogP contribution is -2.56. The highest BCUT2D eigenvalue weighted by atomic mass is 35.6. The second-order valence-electron chi connectivity index (χ2n) is 6.46. The number of anilines is 1. The summed E-state index contributed by atoms with van der Waals surface area (Å²) in [7, 11) is 1.56. The molecule has 3 N–H and O–H groups in total. The maximum absolute atomic E-state index is 12.5. The lowest BCUT2D eigenvalue weighted by molar-refractivity contribution is -0.121. The van der Waals surface area contributed by atoms with Gasteiger partial charge in [-0.05, 0) is 61.1 Å². The molecule has 0 aliphatic carbocycles. The third-order valence-corrected chi connectivity index (χ3v) is 4.96. The maximum Gasteiger partial charge on any atom is 0.338 e. The van der Waals surface area contributed by atoms with E-state index < -0.39 is 15.9 Å². The van der Waals surface area contributed by atoms with E-state index in [0.717, 1.165) is 5.56 Å². The molecule has 1 atom stereocenters. The first kappa shape index (κ1) is 26.0. The number of carbonyl (C=O) groups is 2. The van der Waals surface area contributed by atoms with E-state index in [1.54, 1.807) is 62.6 Å². The quantitative estimate of drug-likeness (QED) is 0.209. The molecule has 0 fully saturated rings. The molecule has 0 aromatic heterocycles. The fourth-order valence-electron chi connectivity index (χ4n) is 2.54. The average Bonchev–Trinajstić information content (AvgIpc) is 2.74. The molecule has 0 spiro atoms. The van der Waals surface area contributed by atoms with Crippen LogP contribution in [0, 0.1) is 0 Å². The predicted octanol–water partition coefficient (Wildman–Crippen LogP) is 4.21. The molecule has 11 heteroatoms. The third kappa shape index (κ3) is 8.35. The molecule has 0 aliphatic rings. The molecule has 1 amide bonds. The second-order valence-corrected chi connectivity index (χ2v) is 9.24. The summed E-state index contributed by atoms with van der Waals surface area (Å²) in [5.74, 6) is -0.113. The summed E-state index contributed by atoms with van der Waals surface area (Å²) in [6.07, 6.45) is -1.03. The van der Waals surface area contributed by atoms with Gasteiger partial charge in [0.25, 0.3) is 0 Å². The fourth-order valence-corrected chi connectivity index (χ4v) is 3.11. The van der Waals surface area contributed by atoms with Gasteiger partial charge in [0.2, 0.25) is 9.70 Å². The Morgan fingerprint density at radius 2 is 1.66 bits per heavy atom. The number of hydrogen-bond acceptors (Lipinski definition) is 5. The summed E-state index contributed by atoms with van der Waals surface area (Å²) < 4.78 is 8.16. The number of carbonyl (C=O) groups excluding carboxylic acids is 2. The largest absolute Gasteiger partial charge is 0.497 e. The van der Waals surface area contributed by atoms with Crippen molar-refractivity contribution in [3.63, 3.8) is 0 Å². The Morgan fingerprint density at radius 3 is 2.19 bits per heavy atom. The first-order valence-corrected chi connectivity index (χ1v) is 11.0. The Hall–Kier alpha value is -2.26. The molecule has 0 aliphatic heterocycles. The Balaban J connectivity index is 1.96. The van der Waals surface area contributed by atoms with Gasteiger partial charge in [0, 0.05) is 5.69 Å². The molecule has 2 aromatic rings. The van der Waals surface area contributed by atoms with E-state index in [1.807, 2.05) is 0 Å². The standard InChI is InChI=1S/C21H22Cl3N3O4S/c1-3-31-18(29)14-6-8-15(9-7-14)25-20(32)27-19(21(22,23)24)26-17(28)12-13-4-10-16(30-2)11-5-13/h4-11,19H,3,12H2,1-2H3,(H,26,28)(H2,25,27,32). The van der Waals surface area contributed by atoms with Gasteiger partial charge in [-0.2, -0.15) is 0 Å². The van der Waals surface area contributed by atoms with Crippen molar-refractivity contribution in [1.29, 1.82) is 0 Å². The van der Waals surface area contributed by atoms with Gasteiger partial charge in [-0.15, -0.1) is 0 Å². The summed E-state index contributed by atoms with van der Waals surface area (Å²) in [6.45, 7) is 2.02. The molecule has 7 nitrogen and oxygen atoms in total. The first-order chi connectivity index (χ1) is 15.1. The molecular formula is C21H22Cl3N3O4S. The fraction of sp³-hybridized carbons (Fsp3) is 0.286. The highest BCUT2D eigenvalue weighted by Gasteiger charge is 2.34. The normalized spacial score (nSPS) is 11.8. The number of ether oxygens (including phenoxy) is 2. The smallest absolute Gasteiger partial charge is 0.338 e. The van der Waals surface area contributed by atoms with Gasteiger partial charge in [-0.3, -0.25) is 4.79 Å². The minimum absolute atomic E-state index is 0.0679. The number of thiocarbonyl (C=S) groups is 1. The van der Waals surface area contributed by atoms with Crippen LogP contribution in [-0.2, 0) is 16.0 Å². The van der Waals surface area contributed by atoms with Gasteiger partial charge >= 0.3 is 5.97 Å². The van der Waals surface area contributed by atoms with Crippen LogP contribution >= 0.6 is 47.0 Å². The molecule has 0 radical (unpaired) electrons.